The Labute approximate surface area is 138 Å². The van der Waals surface area contributed by atoms with Gasteiger partial charge in [-0.2, -0.15) is 0 Å². The summed E-state index contributed by atoms with van der Waals surface area (Å²) in [7, 11) is 0. The smallest absolute Gasteiger partial charge is 0.0945 e. The Hall–Kier alpha value is -1.19. The molecule has 118 valence electrons. The topological polar surface area (TPSA) is 24.9 Å². The molecule has 1 aliphatic carbocycles. The number of nitrogens with one attached hydrogen (secondary N) is 1. The fourth-order valence-corrected chi connectivity index (χ4v) is 3.84. The van der Waals surface area contributed by atoms with Crippen molar-refractivity contribution >= 4 is 11.3 Å². The van der Waals surface area contributed by atoms with Crippen molar-refractivity contribution in [3.63, 3.8) is 0 Å². The van der Waals surface area contributed by atoms with Gasteiger partial charge in [0, 0.05) is 23.9 Å². The van der Waals surface area contributed by atoms with Crippen LogP contribution < -0.4 is 5.32 Å². The predicted molar refractivity (Wildman–Crippen MR) is 95.6 cm³/mol. The molecular formula is C19H26N2S. The van der Waals surface area contributed by atoms with Gasteiger partial charge < -0.3 is 5.32 Å². The van der Waals surface area contributed by atoms with Gasteiger partial charge in [-0.1, -0.05) is 26.0 Å². The Balaban J connectivity index is 1.63. The molecule has 1 N–H and O–H groups in total. The van der Waals surface area contributed by atoms with E-state index in [0.717, 1.165) is 25.2 Å². The van der Waals surface area contributed by atoms with Gasteiger partial charge in [0.25, 0.3) is 0 Å². The summed E-state index contributed by atoms with van der Waals surface area (Å²) in [5, 5.41) is 6.94. The van der Waals surface area contributed by atoms with E-state index >= 15 is 0 Å². The van der Waals surface area contributed by atoms with Crippen LogP contribution >= 0.6 is 11.3 Å². The summed E-state index contributed by atoms with van der Waals surface area (Å²) in [5.74, 6) is 0.711. The summed E-state index contributed by atoms with van der Waals surface area (Å²) < 4.78 is 0. The summed E-state index contributed by atoms with van der Waals surface area (Å²) in [4.78, 5) is 4.82. The zero-order valence-corrected chi connectivity index (χ0v) is 14.5. The van der Waals surface area contributed by atoms with Gasteiger partial charge in [0.2, 0.25) is 0 Å². The van der Waals surface area contributed by atoms with Crippen LogP contribution in [-0.2, 0) is 19.3 Å². The van der Waals surface area contributed by atoms with Crippen molar-refractivity contribution in [2.24, 2.45) is 5.92 Å². The van der Waals surface area contributed by atoms with E-state index in [9.17, 15) is 0 Å². The molecule has 0 fully saturated rings. The Morgan fingerprint density at radius 2 is 2.00 bits per heavy atom. The number of aromatic nitrogens is 1. The summed E-state index contributed by atoms with van der Waals surface area (Å²) in [6, 6.07) is 6.93. The Morgan fingerprint density at radius 1 is 1.18 bits per heavy atom. The minimum absolute atomic E-state index is 0.711. The first-order valence-corrected chi connectivity index (χ1v) is 9.37. The summed E-state index contributed by atoms with van der Waals surface area (Å²) in [6.07, 6.45) is 6.19. The molecule has 0 saturated carbocycles. The van der Waals surface area contributed by atoms with Crippen molar-refractivity contribution in [3.8, 4) is 11.3 Å². The Kier molecular flexibility index (Phi) is 5.27. The van der Waals surface area contributed by atoms with Crippen LogP contribution in [0.25, 0.3) is 11.3 Å². The van der Waals surface area contributed by atoms with E-state index < -0.39 is 0 Å². The van der Waals surface area contributed by atoms with Gasteiger partial charge in [-0.15, -0.1) is 11.3 Å². The molecular weight excluding hydrogens is 288 g/mol. The van der Waals surface area contributed by atoms with Crippen molar-refractivity contribution in [3.05, 3.63) is 39.7 Å². The molecule has 0 aliphatic heterocycles. The SMILES string of the molecule is CC(C)CNCCc1nc(-c2ccc3c(c2)CCCC3)cs1. The zero-order valence-electron chi connectivity index (χ0n) is 13.7. The first kappa shape index (κ1) is 15.7. The molecule has 0 radical (unpaired) electrons. The third-order valence-electron chi connectivity index (χ3n) is 4.26. The van der Waals surface area contributed by atoms with Crippen LogP contribution in [0.1, 0.15) is 42.8 Å². The van der Waals surface area contributed by atoms with Crippen LogP contribution in [0.3, 0.4) is 0 Å². The molecule has 0 saturated heterocycles. The molecule has 1 heterocycles. The molecule has 0 amide bonds. The van der Waals surface area contributed by atoms with E-state index in [4.69, 9.17) is 4.98 Å². The van der Waals surface area contributed by atoms with Crippen molar-refractivity contribution in [1.82, 2.24) is 10.3 Å². The lowest BCUT2D eigenvalue weighted by molar-refractivity contribution is 0.554. The minimum atomic E-state index is 0.711. The van der Waals surface area contributed by atoms with Crippen LogP contribution in [0, 0.1) is 5.92 Å². The molecule has 0 spiro atoms. The maximum atomic E-state index is 4.82. The molecule has 22 heavy (non-hydrogen) atoms. The predicted octanol–water partition coefficient (Wildman–Crippen LogP) is 4.48. The molecule has 1 aliphatic rings. The molecule has 3 heteroatoms. The lowest BCUT2D eigenvalue weighted by atomic mass is 9.90. The first-order valence-electron chi connectivity index (χ1n) is 8.49. The average Bonchev–Trinajstić information content (AvgIpc) is 3.00. The van der Waals surface area contributed by atoms with Crippen molar-refractivity contribution in [2.75, 3.05) is 13.1 Å². The van der Waals surface area contributed by atoms with E-state index in [1.165, 1.54) is 41.8 Å². The number of thiazole rings is 1. The molecule has 0 bridgehead atoms. The highest BCUT2D eigenvalue weighted by Gasteiger charge is 2.11. The maximum absolute atomic E-state index is 4.82. The molecule has 2 aromatic rings. The highest BCUT2D eigenvalue weighted by Crippen LogP contribution is 2.28. The quantitative estimate of drug-likeness (QED) is 0.795. The third-order valence-corrected chi connectivity index (χ3v) is 5.17. The van der Waals surface area contributed by atoms with Gasteiger partial charge in [-0.05, 0) is 55.3 Å². The van der Waals surface area contributed by atoms with Gasteiger partial charge in [-0.25, -0.2) is 4.98 Å². The van der Waals surface area contributed by atoms with Crippen molar-refractivity contribution in [2.45, 2.75) is 46.0 Å². The van der Waals surface area contributed by atoms with E-state index in [1.54, 1.807) is 16.9 Å². The number of rotatable bonds is 6. The van der Waals surface area contributed by atoms with Gasteiger partial charge in [0.15, 0.2) is 0 Å². The molecule has 1 aromatic carbocycles. The maximum Gasteiger partial charge on any atom is 0.0945 e. The van der Waals surface area contributed by atoms with E-state index in [-0.39, 0.29) is 0 Å². The normalized spacial score (nSPS) is 14.3. The van der Waals surface area contributed by atoms with Gasteiger partial charge >= 0.3 is 0 Å². The third kappa shape index (κ3) is 3.96. The molecule has 0 atom stereocenters. The fraction of sp³-hybridized carbons (Fsp3) is 0.526. The second-order valence-corrected chi connectivity index (χ2v) is 7.61. The Morgan fingerprint density at radius 3 is 2.82 bits per heavy atom. The molecule has 2 nitrogen and oxygen atoms in total. The number of aryl methyl sites for hydroxylation is 2. The second kappa shape index (κ2) is 7.38. The van der Waals surface area contributed by atoms with Crippen LogP contribution in [0.5, 0.6) is 0 Å². The van der Waals surface area contributed by atoms with Crippen LogP contribution in [0.15, 0.2) is 23.6 Å². The number of nitrogens with zero attached hydrogens (tertiary/aromatic N) is 1. The van der Waals surface area contributed by atoms with Gasteiger partial charge in [0.1, 0.15) is 0 Å². The van der Waals surface area contributed by atoms with E-state index in [2.05, 4.69) is 42.7 Å². The number of fused-ring (bicyclic) bond motifs is 1. The van der Waals surface area contributed by atoms with E-state index in [0.29, 0.717) is 5.92 Å². The number of hydrogen-bond donors (Lipinski definition) is 1. The zero-order chi connectivity index (χ0) is 15.4. The second-order valence-electron chi connectivity index (χ2n) is 6.67. The monoisotopic (exact) mass is 314 g/mol. The Bertz CT molecular complexity index is 616. The number of benzene rings is 1. The van der Waals surface area contributed by atoms with Gasteiger partial charge in [0.05, 0.1) is 10.7 Å². The molecule has 1 aromatic heterocycles. The largest absolute Gasteiger partial charge is 0.316 e. The molecule has 0 unspecified atom stereocenters. The summed E-state index contributed by atoms with van der Waals surface area (Å²) >= 11 is 1.79. The fourth-order valence-electron chi connectivity index (χ4n) is 3.04. The van der Waals surface area contributed by atoms with Crippen LogP contribution in [-0.4, -0.2) is 18.1 Å². The minimum Gasteiger partial charge on any atom is -0.316 e. The van der Waals surface area contributed by atoms with Gasteiger partial charge in [-0.3, -0.25) is 0 Å². The van der Waals surface area contributed by atoms with Crippen molar-refractivity contribution < 1.29 is 0 Å². The standard InChI is InChI=1S/C19H26N2S/c1-14(2)12-20-10-9-19-21-18(13-22-19)17-8-7-15-5-3-4-6-16(15)11-17/h7-8,11,13-14,20H,3-6,9-10,12H2,1-2H3. The summed E-state index contributed by atoms with van der Waals surface area (Å²) in [5.41, 5.74) is 5.52. The molecule has 3 rings (SSSR count). The lowest BCUT2D eigenvalue weighted by Gasteiger charge is -2.16. The highest BCUT2D eigenvalue weighted by molar-refractivity contribution is 7.09. The first-order chi connectivity index (χ1) is 10.7. The highest BCUT2D eigenvalue weighted by atomic mass is 32.1. The average molecular weight is 314 g/mol. The van der Waals surface area contributed by atoms with Crippen LogP contribution in [0.4, 0.5) is 0 Å². The lowest BCUT2D eigenvalue weighted by Crippen LogP contribution is -2.22. The number of hydrogen-bond acceptors (Lipinski definition) is 3. The van der Waals surface area contributed by atoms with E-state index in [1.807, 2.05) is 0 Å². The van der Waals surface area contributed by atoms with Crippen molar-refractivity contribution in [1.29, 1.82) is 0 Å². The van der Waals surface area contributed by atoms with Crippen LogP contribution in [0.2, 0.25) is 0 Å². The summed E-state index contributed by atoms with van der Waals surface area (Å²) in [6.45, 7) is 6.59.